The summed E-state index contributed by atoms with van der Waals surface area (Å²) in [7, 11) is -3.76. The second-order valence-electron chi connectivity index (χ2n) is 4.06. The Bertz CT molecular complexity index is 561. The van der Waals surface area contributed by atoms with Crippen molar-refractivity contribution in [3.05, 3.63) is 30.3 Å². The summed E-state index contributed by atoms with van der Waals surface area (Å²) in [6.45, 7) is 1.53. The highest BCUT2D eigenvalue weighted by Crippen LogP contribution is 2.22. The zero-order chi connectivity index (χ0) is 13.8. The van der Waals surface area contributed by atoms with Crippen molar-refractivity contribution in [2.45, 2.75) is 23.5 Å². The van der Waals surface area contributed by atoms with Crippen molar-refractivity contribution in [2.24, 2.45) is 11.7 Å². The van der Waals surface area contributed by atoms with Crippen LogP contribution in [-0.4, -0.2) is 19.6 Å². The monoisotopic (exact) mass is 266 g/mol. The van der Waals surface area contributed by atoms with E-state index < -0.39 is 26.9 Å². The molecule has 0 spiro atoms. The molecular formula is C12H14N2O3S. The average Bonchev–Trinajstić information content (AvgIpc) is 2.29. The molecule has 2 N–H and O–H groups in total. The van der Waals surface area contributed by atoms with Gasteiger partial charge in [-0.25, -0.2) is 8.42 Å². The molecule has 0 saturated carbocycles. The molecule has 2 unspecified atom stereocenters. The fourth-order valence-electron chi connectivity index (χ4n) is 1.68. The highest BCUT2D eigenvalue weighted by Gasteiger charge is 2.33. The maximum atomic E-state index is 12.2. The molecule has 0 aromatic heterocycles. The largest absolute Gasteiger partial charge is 0.370 e. The molecule has 1 amide bonds. The second-order valence-corrected chi connectivity index (χ2v) is 6.12. The summed E-state index contributed by atoms with van der Waals surface area (Å²) in [5.74, 6) is -1.26. The Hall–Kier alpha value is -1.87. The highest BCUT2D eigenvalue weighted by atomic mass is 32.2. The first-order chi connectivity index (χ1) is 8.39. The van der Waals surface area contributed by atoms with Crippen LogP contribution < -0.4 is 5.73 Å². The number of rotatable bonds is 5. The number of hydrogen-bond donors (Lipinski definition) is 1. The lowest BCUT2D eigenvalue weighted by molar-refractivity contribution is -0.118. The molecule has 0 fully saturated rings. The molecule has 0 saturated heterocycles. The SMILES string of the molecule is CC(CC(N)=O)C(C#N)S(=O)(=O)c1ccccc1. The predicted molar refractivity (Wildman–Crippen MR) is 66.0 cm³/mol. The number of sulfone groups is 1. The third kappa shape index (κ3) is 3.08. The molecule has 0 radical (unpaired) electrons. The number of primary amides is 1. The van der Waals surface area contributed by atoms with Crippen LogP contribution in [0.15, 0.2) is 35.2 Å². The van der Waals surface area contributed by atoms with Crippen molar-refractivity contribution in [1.29, 1.82) is 5.26 Å². The van der Waals surface area contributed by atoms with Gasteiger partial charge in [0, 0.05) is 6.42 Å². The number of amides is 1. The van der Waals surface area contributed by atoms with Gasteiger partial charge in [0.15, 0.2) is 15.1 Å². The third-order valence-corrected chi connectivity index (χ3v) is 4.74. The summed E-state index contributed by atoms with van der Waals surface area (Å²) >= 11 is 0. The molecule has 1 rings (SSSR count). The van der Waals surface area contributed by atoms with Gasteiger partial charge in [0.1, 0.15) is 0 Å². The molecule has 0 aliphatic heterocycles. The Labute approximate surface area is 106 Å². The molecule has 0 bridgehead atoms. The summed E-state index contributed by atoms with van der Waals surface area (Å²) in [5.41, 5.74) is 5.02. The maximum Gasteiger partial charge on any atom is 0.217 e. The van der Waals surface area contributed by atoms with E-state index in [2.05, 4.69) is 0 Å². The summed E-state index contributed by atoms with van der Waals surface area (Å²) in [6.07, 6.45) is -0.135. The predicted octanol–water partition coefficient (Wildman–Crippen LogP) is 0.864. The third-order valence-electron chi connectivity index (χ3n) is 2.57. The molecule has 18 heavy (non-hydrogen) atoms. The van der Waals surface area contributed by atoms with Crippen LogP contribution in [0, 0.1) is 17.2 Å². The average molecular weight is 266 g/mol. The van der Waals surface area contributed by atoms with Crippen LogP contribution in [0.1, 0.15) is 13.3 Å². The lowest BCUT2D eigenvalue weighted by atomic mass is 10.0. The smallest absolute Gasteiger partial charge is 0.217 e. The molecule has 1 aromatic carbocycles. The Morgan fingerprint density at radius 3 is 2.39 bits per heavy atom. The molecule has 0 aliphatic carbocycles. The van der Waals surface area contributed by atoms with E-state index in [0.29, 0.717) is 0 Å². The van der Waals surface area contributed by atoms with Crippen LogP contribution in [0.5, 0.6) is 0 Å². The number of nitriles is 1. The van der Waals surface area contributed by atoms with E-state index in [1.165, 1.54) is 19.1 Å². The summed E-state index contributed by atoms with van der Waals surface area (Å²) in [5, 5.41) is 7.75. The Kier molecular flexibility index (Phi) is 4.45. The normalized spacial score (nSPS) is 14.4. The number of hydrogen-bond acceptors (Lipinski definition) is 4. The summed E-state index contributed by atoms with van der Waals surface area (Å²) in [4.78, 5) is 10.9. The van der Waals surface area contributed by atoms with E-state index in [0.717, 1.165) is 0 Å². The first-order valence-corrected chi connectivity index (χ1v) is 6.91. The Morgan fingerprint density at radius 1 is 1.39 bits per heavy atom. The van der Waals surface area contributed by atoms with Gasteiger partial charge < -0.3 is 5.73 Å². The van der Waals surface area contributed by atoms with E-state index >= 15 is 0 Å². The lowest BCUT2D eigenvalue weighted by Crippen LogP contribution is -2.30. The van der Waals surface area contributed by atoms with Crippen LogP contribution in [-0.2, 0) is 14.6 Å². The lowest BCUT2D eigenvalue weighted by Gasteiger charge is -2.16. The minimum absolute atomic E-state index is 0.0767. The summed E-state index contributed by atoms with van der Waals surface area (Å²) < 4.78 is 24.4. The molecular weight excluding hydrogens is 252 g/mol. The molecule has 1 aromatic rings. The van der Waals surface area contributed by atoms with Gasteiger partial charge >= 0.3 is 0 Å². The van der Waals surface area contributed by atoms with Crippen molar-refractivity contribution < 1.29 is 13.2 Å². The van der Waals surface area contributed by atoms with Gasteiger partial charge in [-0.2, -0.15) is 5.26 Å². The van der Waals surface area contributed by atoms with Crippen LogP contribution >= 0.6 is 0 Å². The van der Waals surface area contributed by atoms with Crippen LogP contribution in [0.25, 0.3) is 0 Å². The molecule has 5 nitrogen and oxygen atoms in total. The minimum atomic E-state index is -3.76. The number of nitrogens with two attached hydrogens (primary N) is 1. The van der Waals surface area contributed by atoms with E-state index in [9.17, 15) is 13.2 Å². The van der Waals surface area contributed by atoms with Crippen LogP contribution in [0.2, 0.25) is 0 Å². The van der Waals surface area contributed by atoms with Crippen molar-refractivity contribution in [2.75, 3.05) is 0 Å². The maximum absolute atomic E-state index is 12.2. The zero-order valence-electron chi connectivity index (χ0n) is 9.91. The van der Waals surface area contributed by atoms with Gasteiger partial charge in [-0.15, -0.1) is 0 Å². The molecule has 2 atom stereocenters. The van der Waals surface area contributed by atoms with Crippen molar-refractivity contribution in [3.63, 3.8) is 0 Å². The quantitative estimate of drug-likeness (QED) is 0.854. The Morgan fingerprint density at radius 2 is 1.94 bits per heavy atom. The number of carbonyl (C=O) groups excluding carboxylic acids is 1. The van der Waals surface area contributed by atoms with Gasteiger partial charge in [-0.3, -0.25) is 4.79 Å². The van der Waals surface area contributed by atoms with Gasteiger partial charge in [-0.05, 0) is 18.1 Å². The highest BCUT2D eigenvalue weighted by molar-refractivity contribution is 7.92. The number of carbonyl (C=O) groups is 1. The van der Waals surface area contributed by atoms with Crippen LogP contribution in [0.3, 0.4) is 0 Å². The number of nitrogens with zero attached hydrogens (tertiary/aromatic N) is 1. The van der Waals surface area contributed by atoms with Crippen molar-refractivity contribution in [1.82, 2.24) is 0 Å². The zero-order valence-corrected chi connectivity index (χ0v) is 10.7. The first-order valence-electron chi connectivity index (χ1n) is 5.36. The standard InChI is InChI=1S/C12H14N2O3S/c1-9(7-12(14)15)11(8-13)18(16,17)10-5-3-2-4-6-10/h2-6,9,11H,7H2,1H3,(H2,14,15). The molecule has 0 heterocycles. The van der Waals surface area contributed by atoms with Gasteiger partial charge in [0.2, 0.25) is 5.91 Å². The minimum Gasteiger partial charge on any atom is -0.370 e. The molecule has 0 aliphatic rings. The van der Waals surface area contributed by atoms with Gasteiger partial charge in [-0.1, -0.05) is 25.1 Å². The first kappa shape index (κ1) is 14.2. The Balaban J connectivity index is 3.10. The summed E-state index contributed by atoms with van der Waals surface area (Å²) in [6, 6.07) is 9.46. The van der Waals surface area contributed by atoms with E-state index in [1.807, 2.05) is 0 Å². The van der Waals surface area contributed by atoms with Crippen molar-refractivity contribution >= 4 is 15.7 Å². The van der Waals surface area contributed by atoms with Crippen LogP contribution in [0.4, 0.5) is 0 Å². The molecule has 96 valence electrons. The fourth-order valence-corrected chi connectivity index (χ4v) is 3.36. The number of benzene rings is 1. The molecule has 6 heteroatoms. The van der Waals surface area contributed by atoms with Gasteiger partial charge in [0.05, 0.1) is 11.0 Å². The van der Waals surface area contributed by atoms with Crippen molar-refractivity contribution in [3.8, 4) is 6.07 Å². The topological polar surface area (TPSA) is 101 Å². The van der Waals surface area contributed by atoms with E-state index in [1.54, 1.807) is 24.3 Å². The van der Waals surface area contributed by atoms with Gasteiger partial charge in [0.25, 0.3) is 0 Å². The second kappa shape index (κ2) is 5.65. The van der Waals surface area contributed by atoms with E-state index in [4.69, 9.17) is 11.0 Å². The fraction of sp³-hybridized carbons (Fsp3) is 0.333. The van der Waals surface area contributed by atoms with E-state index in [-0.39, 0.29) is 11.3 Å².